The van der Waals surface area contributed by atoms with Gasteiger partial charge in [0.1, 0.15) is 10.6 Å². The van der Waals surface area contributed by atoms with Crippen molar-refractivity contribution in [1.82, 2.24) is 9.29 Å². The van der Waals surface area contributed by atoms with Crippen LogP contribution in [0.2, 0.25) is 0 Å². The van der Waals surface area contributed by atoms with E-state index in [1.807, 2.05) is 24.3 Å². The number of nitrogens with zero attached hydrogens (tertiary/aromatic N) is 1. The summed E-state index contributed by atoms with van der Waals surface area (Å²) in [6.07, 6.45) is 1.38. The molecule has 0 bridgehead atoms. The van der Waals surface area contributed by atoms with Crippen LogP contribution in [0.25, 0.3) is 0 Å². The summed E-state index contributed by atoms with van der Waals surface area (Å²) in [5.74, 6) is 1.65. The van der Waals surface area contributed by atoms with Crippen molar-refractivity contribution in [2.24, 2.45) is 0 Å². The second kappa shape index (κ2) is 7.85. The molecule has 0 unspecified atom stereocenters. The maximum Gasteiger partial charge on any atom is 0.272 e. The van der Waals surface area contributed by atoms with Crippen molar-refractivity contribution in [1.29, 1.82) is 0 Å². The third kappa shape index (κ3) is 4.13. The number of amides is 1. The second-order valence-electron chi connectivity index (χ2n) is 6.50. The van der Waals surface area contributed by atoms with Gasteiger partial charge in [0, 0.05) is 36.5 Å². The number of rotatable bonds is 5. The van der Waals surface area contributed by atoms with Crippen molar-refractivity contribution < 1.29 is 13.2 Å². The highest BCUT2D eigenvalue weighted by atomic mass is 32.2. The average molecular weight is 394 g/mol. The molecule has 0 spiro atoms. The Bertz CT molecular complexity index is 867. The number of sulfonamides is 1. The van der Waals surface area contributed by atoms with Crippen LogP contribution in [-0.4, -0.2) is 48.2 Å². The minimum absolute atomic E-state index is 0.129. The van der Waals surface area contributed by atoms with Gasteiger partial charge in [0.15, 0.2) is 0 Å². The molecule has 8 heteroatoms. The third-order valence-corrected chi connectivity index (χ3v) is 7.16. The largest absolute Gasteiger partial charge is 0.356 e. The Labute approximate surface area is 158 Å². The van der Waals surface area contributed by atoms with Gasteiger partial charge in [0.2, 0.25) is 10.0 Å². The summed E-state index contributed by atoms with van der Waals surface area (Å²) >= 11 is 1.75. The first-order chi connectivity index (χ1) is 12.4. The molecule has 0 saturated carbocycles. The van der Waals surface area contributed by atoms with Crippen molar-refractivity contribution in [3.63, 3.8) is 0 Å². The number of nitrogens with one attached hydrogen (secondary N) is 2. The zero-order valence-corrected chi connectivity index (χ0v) is 16.5. The monoisotopic (exact) mass is 393 g/mol. The lowest BCUT2D eigenvalue weighted by Gasteiger charge is -2.24. The lowest BCUT2D eigenvalue weighted by atomic mass is 10.0. The molecule has 1 amide bonds. The highest BCUT2D eigenvalue weighted by Crippen LogP contribution is 2.22. The fraction of sp³-hybridized carbons (Fsp3) is 0.389. The van der Waals surface area contributed by atoms with E-state index in [1.54, 1.807) is 11.8 Å². The molecular weight excluding hydrogens is 370 g/mol. The molecule has 1 aromatic heterocycles. The first-order valence-electron chi connectivity index (χ1n) is 8.55. The van der Waals surface area contributed by atoms with E-state index in [9.17, 15) is 13.2 Å². The fourth-order valence-corrected chi connectivity index (χ4v) is 5.31. The SMILES string of the molecule is CC(C)c1ccc(NC(=O)c2cc(S(=O)(=O)N3CCSCC3)c[nH]2)cc1. The van der Waals surface area contributed by atoms with E-state index in [0.29, 0.717) is 24.7 Å². The first-order valence-corrected chi connectivity index (χ1v) is 11.1. The Morgan fingerprint density at radius 2 is 1.85 bits per heavy atom. The quantitative estimate of drug-likeness (QED) is 0.818. The molecule has 0 atom stereocenters. The van der Waals surface area contributed by atoms with Crippen molar-refractivity contribution >= 4 is 33.4 Å². The van der Waals surface area contributed by atoms with E-state index in [4.69, 9.17) is 0 Å². The number of hydrogen-bond acceptors (Lipinski definition) is 4. The molecule has 0 aliphatic carbocycles. The van der Waals surface area contributed by atoms with Gasteiger partial charge in [-0.3, -0.25) is 4.79 Å². The van der Waals surface area contributed by atoms with Gasteiger partial charge in [-0.2, -0.15) is 16.1 Å². The molecule has 0 radical (unpaired) electrons. The standard InChI is InChI=1S/C18H23N3O3S2/c1-13(2)14-3-5-15(6-4-14)20-18(22)17-11-16(12-19-17)26(23,24)21-7-9-25-10-8-21/h3-6,11-13,19H,7-10H2,1-2H3,(H,20,22). The summed E-state index contributed by atoms with van der Waals surface area (Å²) in [4.78, 5) is 15.3. The number of thioether (sulfide) groups is 1. The lowest BCUT2D eigenvalue weighted by molar-refractivity contribution is 0.102. The summed E-state index contributed by atoms with van der Waals surface area (Å²) in [6, 6.07) is 9.03. The van der Waals surface area contributed by atoms with Crippen LogP contribution in [0, 0.1) is 0 Å². The fourth-order valence-electron chi connectivity index (χ4n) is 2.74. The van der Waals surface area contributed by atoms with E-state index in [2.05, 4.69) is 24.1 Å². The number of anilines is 1. The molecule has 1 aliphatic heterocycles. The van der Waals surface area contributed by atoms with Gasteiger partial charge in [-0.15, -0.1) is 0 Å². The Hall–Kier alpha value is -1.77. The molecule has 1 fully saturated rings. The number of aromatic nitrogens is 1. The predicted molar refractivity (Wildman–Crippen MR) is 105 cm³/mol. The minimum Gasteiger partial charge on any atom is -0.356 e. The summed E-state index contributed by atoms with van der Waals surface area (Å²) < 4.78 is 26.8. The van der Waals surface area contributed by atoms with Crippen LogP contribution in [0.4, 0.5) is 5.69 Å². The van der Waals surface area contributed by atoms with Gasteiger partial charge in [0.05, 0.1) is 0 Å². The van der Waals surface area contributed by atoms with Gasteiger partial charge in [-0.25, -0.2) is 8.42 Å². The van der Waals surface area contributed by atoms with Crippen LogP contribution in [0.3, 0.4) is 0 Å². The smallest absolute Gasteiger partial charge is 0.272 e. The van der Waals surface area contributed by atoms with Crippen molar-refractivity contribution in [2.75, 3.05) is 29.9 Å². The van der Waals surface area contributed by atoms with Crippen molar-refractivity contribution in [2.45, 2.75) is 24.7 Å². The third-order valence-electron chi connectivity index (χ3n) is 4.34. The van der Waals surface area contributed by atoms with E-state index in [-0.39, 0.29) is 16.5 Å². The Morgan fingerprint density at radius 1 is 1.19 bits per heavy atom. The van der Waals surface area contributed by atoms with E-state index >= 15 is 0 Å². The van der Waals surface area contributed by atoms with Crippen LogP contribution in [0.5, 0.6) is 0 Å². The molecule has 3 rings (SSSR count). The van der Waals surface area contributed by atoms with E-state index < -0.39 is 10.0 Å². The number of carbonyl (C=O) groups excluding carboxylic acids is 1. The summed E-state index contributed by atoms with van der Waals surface area (Å²) in [6.45, 7) is 5.22. The minimum atomic E-state index is -3.55. The average Bonchev–Trinajstić information content (AvgIpc) is 3.14. The van der Waals surface area contributed by atoms with Gasteiger partial charge in [0.25, 0.3) is 5.91 Å². The van der Waals surface area contributed by atoms with E-state index in [1.165, 1.54) is 22.1 Å². The molecule has 140 valence electrons. The molecule has 26 heavy (non-hydrogen) atoms. The Balaban J connectivity index is 1.71. The summed E-state index contributed by atoms with van der Waals surface area (Å²) in [5, 5.41) is 2.79. The molecule has 1 saturated heterocycles. The number of carbonyl (C=O) groups is 1. The topological polar surface area (TPSA) is 82.3 Å². The van der Waals surface area contributed by atoms with Crippen LogP contribution in [-0.2, 0) is 10.0 Å². The zero-order valence-electron chi connectivity index (χ0n) is 14.9. The molecule has 1 aliphatic rings. The molecule has 1 aromatic carbocycles. The second-order valence-corrected chi connectivity index (χ2v) is 9.66. The predicted octanol–water partition coefficient (Wildman–Crippen LogP) is 3.13. The maximum absolute atomic E-state index is 12.6. The van der Waals surface area contributed by atoms with Crippen molar-refractivity contribution in [3.8, 4) is 0 Å². The summed E-state index contributed by atoms with van der Waals surface area (Å²) in [5.41, 5.74) is 2.09. The molecule has 2 N–H and O–H groups in total. The lowest BCUT2D eigenvalue weighted by Crippen LogP contribution is -2.37. The Kier molecular flexibility index (Phi) is 5.74. The Morgan fingerprint density at radius 3 is 2.46 bits per heavy atom. The highest BCUT2D eigenvalue weighted by molar-refractivity contribution is 7.99. The van der Waals surface area contributed by atoms with Gasteiger partial charge in [-0.1, -0.05) is 26.0 Å². The molecular formula is C18H23N3O3S2. The van der Waals surface area contributed by atoms with Crippen molar-refractivity contribution in [3.05, 3.63) is 47.8 Å². The first kappa shape index (κ1) is 19.0. The number of H-pyrrole nitrogens is 1. The number of benzene rings is 1. The number of hydrogen-bond donors (Lipinski definition) is 2. The summed E-state index contributed by atoms with van der Waals surface area (Å²) in [7, 11) is -3.55. The maximum atomic E-state index is 12.6. The van der Waals surface area contributed by atoms with Gasteiger partial charge >= 0.3 is 0 Å². The van der Waals surface area contributed by atoms with Crippen LogP contribution in [0.1, 0.15) is 35.8 Å². The normalized spacial score (nSPS) is 16.0. The molecule has 2 aromatic rings. The molecule has 6 nitrogen and oxygen atoms in total. The highest BCUT2D eigenvalue weighted by Gasteiger charge is 2.27. The zero-order chi connectivity index (χ0) is 18.7. The number of aromatic amines is 1. The van der Waals surface area contributed by atoms with E-state index in [0.717, 1.165) is 11.5 Å². The van der Waals surface area contributed by atoms with Gasteiger partial charge in [-0.05, 0) is 29.7 Å². The van der Waals surface area contributed by atoms with Crippen LogP contribution in [0.15, 0.2) is 41.4 Å². The van der Waals surface area contributed by atoms with Crippen LogP contribution >= 0.6 is 11.8 Å². The molecule has 2 heterocycles. The van der Waals surface area contributed by atoms with Crippen LogP contribution < -0.4 is 5.32 Å². The van der Waals surface area contributed by atoms with Gasteiger partial charge < -0.3 is 10.3 Å².